The van der Waals surface area contributed by atoms with Crippen molar-refractivity contribution in [3.8, 4) is 0 Å². The molecule has 0 saturated carbocycles. The van der Waals surface area contributed by atoms with Crippen LogP contribution < -0.4 is 16.2 Å². The Bertz CT molecular complexity index is 1330. The molecule has 1 fully saturated rings. The summed E-state index contributed by atoms with van der Waals surface area (Å²) in [5, 5.41) is 4.06. The second-order valence-electron chi connectivity index (χ2n) is 10.1. The molecule has 11 nitrogen and oxygen atoms in total. The molecule has 15 heteroatoms. The van der Waals surface area contributed by atoms with E-state index in [1.165, 1.54) is 6.20 Å². The molecule has 4 amide bonds. The SMILES string of the molecule is CC(C)(C)OC(=O)N1C[C@@H](NC(=O)c2cnc3cc(Cl)ccc3c2)CC[C@@H]1C(=O)NNC(=O)OC/C=C/C(F)(F)F. The van der Waals surface area contributed by atoms with Gasteiger partial charge in [-0.3, -0.25) is 24.9 Å². The molecule has 0 bridgehead atoms. The zero-order valence-corrected chi connectivity index (χ0v) is 23.1. The summed E-state index contributed by atoms with van der Waals surface area (Å²) in [6.07, 6.45) is -4.29. The summed E-state index contributed by atoms with van der Waals surface area (Å²) >= 11 is 5.98. The Labute approximate surface area is 238 Å². The van der Waals surface area contributed by atoms with Crippen LogP contribution in [0.3, 0.4) is 0 Å². The molecular weight excluding hydrogens is 571 g/mol. The Kier molecular flexibility index (Phi) is 10.0. The number of pyridine rings is 1. The number of amides is 4. The van der Waals surface area contributed by atoms with Gasteiger partial charge in [-0.1, -0.05) is 17.7 Å². The molecular formula is C26H29ClF3N5O6. The zero-order chi connectivity index (χ0) is 30.4. The molecule has 1 aliphatic rings. The third-order valence-electron chi connectivity index (χ3n) is 5.66. The summed E-state index contributed by atoms with van der Waals surface area (Å²) in [6, 6.07) is 5.11. The van der Waals surface area contributed by atoms with Crippen molar-refractivity contribution < 1.29 is 41.8 Å². The lowest BCUT2D eigenvalue weighted by molar-refractivity contribution is -0.128. The van der Waals surface area contributed by atoms with Gasteiger partial charge in [0.1, 0.15) is 18.2 Å². The smallest absolute Gasteiger partial charge is 0.426 e. The number of allylic oxidation sites excluding steroid dienone is 1. The Balaban J connectivity index is 1.64. The van der Waals surface area contributed by atoms with E-state index in [1.807, 2.05) is 5.43 Å². The number of hydrogen-bond acceptors (Lipinski definition) is 7. The van der Waals surface area contributed by atoms with Crippen LogP contribution in [0.15, 0.2) is 42.6 Å². The number of fused-ring (bicyclic) bond motifs is 1. The van der Waals surface area contributed by atoms with Crippen LogP contribution >= 0.6 is 11.6 Å². The van der Waals surface area contributed by atoms with E-state index in [2.05, 4.69) is 20.5 Å². The number of likely N-dealkylation sites (tertiary alicyclic amines) is 1. The lowest BCUT2D eigenvalue weighted by Gasteiger charge is -2.39. The predicted molar refractivity (Wildman–Crippen MR) is 142 cm³/mol. The number of hydrogen-bond donors (Lipinski definition) is 3. The Morgan fingerprint density at radius 2 is 1.85 bits per heavy atom. The molecule has 222 valence electrons. The fraction of sp³-hybridized carbons (Fsp3) is 0.423. The fourth-order valence-corrected chi connectivity index (χ4v) is 4.08. The summed E-state index contributed by atoms with van der Waals surface area (Å²) < 4.78 is 46.3. The van der Waals surface area contributed by atoms with Gasteiger partial charge in [0.05, 0.1) is 11.1 Å². The first kappa shape index (κ1) is 31.5. The molecule has 0 spiro atoms. The minimum Gasteiger partial charge on any atom is -0.444 e. The van der Waals surface area contributed by atoms with Crippen LogP contribution in [0.25, 0.3) is 10.9 Å². The molecule has 0 aliphatic carbocycles. The summed E-state index contributed by atoms with van der Waals surface area (Å²) in [7, 11) is 0. The van der Waals surface area contributed by atoms with Gasteiger partial charge in [0.2, 0.25) is 0 Å². The maximum absolute atomic E-state index is 13.0. The lowest BCUT2D eigenvalue weighted by atomic mass is 9.97. The molecule has 1 aromatic carbocycles. The monoisotopic (exact) mass is 599 g/mol. The van der Waals surface area contributed by atoms with Crippen LogP contribution in [0.4, 0.5) is 22.8 Å². The van der Waals surface area contributed by atoms with Gasteiger partial charge < -0.3 is 14.8 Å². The van der Waals surface area contributed by atoms with Gasteiger partial charge in [-0.2, -0.15) is 13.2 Å². The first-order chi connectivity index (χ1) is 19.1. The molecule has 2 heterocycles. The first-order valence-electron chi connectivity index (χ1n) is 12.4. The van der Waals surface area contributed by atoms with E-state index in [0.717, 1.165) is 4.90 Å². The van der Waals surface area contributed by atoms with Gasteiger partial charge >= 0.3 is 18.4 Å². The quantitative estimate of drug-likeness (QED) is 0.345. The summed E-state index contributed by atoms with van der Waals surface area (Å²) in [5.74, 6) is -1.23. The number of nitrogens with zero attached hydrogens (tertiary/aromatic N) is 2. The Morgan fingerprint density at radius 1 is 1.12 bits per heavy atom. The van der Waals surface area contributed by atoms with Crippen LogP contribution in [0.1, 0.15) is 44.0 Å². The minimum atomic E-state index is -4.56. The maximum Gasteiger partial charge on any atom is 0.426 e. The highest BCUT2D eigenvalue weighted by Crippen LogP contribution is 2.23. The zero-order valence-electron chi connectivity index (χ0n) is 22.4. The molecule has 3 rings (SSSR count). The maximum atomic E-state index is 13.0. The highest BCUT2D eigenvalue weighted by molar-refractivity contribution is 6.31. The fourth-order valence-electron chi connectivity index (χ4n) is 3.91. The number of nitrogens with one attached hydrogen (secondary N) is 3. The van der Waals surface area contributed by atoms with Gasteiger partial charge in [-0.15, -0.1) is 0 Å². The van der Waals surface area contributed by atoms with Crippen molar-refractivity contribution in [2.75, 3.05) is 13.2 Å². The molecule has 2 aromatic rings. The standard InChI is InChI=1S/C26H29ClF3N5O6/c1-25(2,3)41-24(39)35-14-18(32-21(36)16-11-15-5-6-17(27)12-19(15)31-13-16)7-8-20(35)22(37)33-34-23(38)40-10-4-9-26(28,29)30/h4-6,9,11-13,18,20H,7-8,10,14H2,1-3H3,(H,32,36)(H,33,37)(H,34,38)/b9-4+/t18-,20+/m0/s1. The number of halogens is 4. The molecule has 0 radical (unpaired) electrons. The van der Waals surface area contributed by atoms with Crippen molar-refractivity contribution in [1.82, 2.24) is 26.1 Å². The number of carbonyl (C=O) groups excluding carboxylic acids is 4. The number of rotatable bonds is 5. The van der Waals surface area contributed by atoms with E-state index in [4.69, 9.17) is 16.3 Å². The molecule has 2 atom stereocenters. The van der Waals surface area contributed by atoms with Crippen molar-refractivity contribution in [2.24, 2.45) is 0 Å². The average Bonchev–Trinajstić information content (AvgIpc) is 2.87. The second kappa shape index (κ2) is 13.1. The van der Waals surface area contributed by atoms with Crippen LogP contribution in [0, 0.1) is 0 Å². The molecule has 1 saturated heterocycles. The summed E-state index contributed by atoms with van der Waals surface area (Å²) in [4.78, 5) is 55.9. The number of ether oxygens (including phenoxy) is 2. The third kappa shape index (κ3) is 9.81. The third-order valence-corrected chi connectivity index (χ3v) is 5.90. The van der Waals surface area contributed by atoms with Gasteiger partial charge in [-0.05, 0) is 57.9 Å². The van der Waals surface area contributed by atoms with Gasteiger partial charge in [0, 0.05) is 35.3 Å². The summed E-state index contributed by atoms with van der Waals surface area (Å²) in [6.45, 7) is 4.17. The summed E-state index contributed by atoms with van der Waals surface area (Å²) in [5.41, 5.74) is 4.04. The van der Waals surface area contributed by atoms with Crippen molar-refractivity contribution >= 4 is 46.5 Å². The van der Waals surface area contributed by atoms with Crippen molar-refractivity contribution in [3.05, 3.63) is 53.2 Å². The largest absolute Gasteiger partial charge is 0.444 e. The molecule has 3 N–H and O–H groups in total. The van der Waals surface area contributed by atoms with Crippen molar-refractivity contribution in [1.29, 1.82) is 0 Å². The van der Waals surface area contributed by atoms with Crippen molar-refractivity contribution in [2.45, 2.75) is 57.5 Å². The molecule has 0 unspecified atom stereocenters. The second-order valence-corrected chi connectivity index (χ2v) is 10.6. The average molecular weight is 600 g/mol. The minimum absolute atomic E-state index is 0.0813. The number of alkyl halides is 3. The number of carbonyl (C=O) groups is 4. The number of aromatic nitrogens is 1. The Hall–Kier alpha value is -4.07. The van der Waals surface area contributed by atoms with E-state index in [0.29, 0.717) is 28.4 Å². The van der Waals surface area contributed by atoms with E-state index < -0.39 is 54.5 Å². The normalized spacial score (nSPS) is 17.7. The van der Waals surface area contributed by atoms with Gasteiger partial charge in [0.15, 0.2) is 0 Å². The molecule has 1 aromatic heterocycles. The topological polar surface area (TPSA) is 139 Å². The Morgan fingerprint density at radius 3 is 2.54 bits per heavy atom. The van der Waals surface area contributed by atoms with Crippen LogP contribution in [-0.4, -0.2) is 70.9 Å². The number of piperidine rings is 1. The highest BCUT2D eigenvalue weighted by atomic mass is 35.5. The van der Waals surface area contributed by atoms with Crippen LogP contribution in [-0.2, 0) is 14.3 Å². The van der Waals surface area contributed by atoms with Gasteiger partial charge in [-0.25, -0.2) is 15.0 Å². The van der Waals surface area contributed by atoms with E-state index >= 15 is 0 Å². The molecule has 1 aliphatic heterocycles. The first-order valence-corrected chi connectivity index (χ1v) is 12.8. The van der Waals surface area contributed by atoms with E-state index in [1.54, 1.807) is 45.0 Å². The van der Waals surface area contributed by atoms with Crippen molar-refractivity contribution in [3.63, 3.8) is 0 Å². The van der Waals surface area contributed by atoms with Gasteiger partial charge in [0.25, 0.3) is 11.8 Å². The van der Waals surface area contributed by atoms with Crippen LogP contribution in [0.5, 0.6) is 0 Å². The lowest BCUT2D eigenvalue weighted by Crippen LogP contribution is -2.60. The van der Waals surface area contributed by atoms with E-state index in [9.17, 15) is 32.3 Å². The number of benzene rings is 1. The predicted octanol–water partition coefficient (Wildman–Crippen LogP) is 4.26. The number of hydrazine groups is 1. The molecule has 41 heavy (non-hydrogen) atoms. The van der Waals surface area contributed by atoms with E-state index in [-0.39, 0.29) is 24.6 Å². The van der Waals surface area contributed by atoms with Crippen LogP contribution in [0.2, 0.25) is 5.02 Å². The highest BCUT2D eigenvalue weighted by Gasteiger charge is 2.39.